The molecule has 1 heterocycles. The highest BCUT2D eigenvalue weighted by Crippen LogP contribution is 2.27. The van der Waals surface area contributed by atoms with E-state index in [2.05, 4.69) is 4.74 Å². The highest BCUT2D eigenvalue weighted by molar-refractivity contribution is 14.1. The van der Waals surface area contributed by atoms with Gasteiger partial charge in [0.05, 0.1) is 16.6 Å². The fourth-order valence-electron chi connectivity index (χ4n) is 1.04. The number of aliphatic hydroxyl groups excluding tert-OH is 3. The molecule has 0 bridgehead atoms. The summed E-state index contributed by atoms with van der Waals surface area (Å²) in [6.07, 6.45) is -5.07. The summed E-state index contributed by atoms with van der Waals surface area (Å²) in [5.74, 6) is 0. The third-order valence-electron chi connectivity index (χ3n) is 1.79. The van der Waals surface area contributed by atoms with Crippen LogP contribution in [-0.4, -0.2) is 50.5 Å². The van der Waals surface area contributed by atoms with E-state index in [1.165, 1.54) is 0 Å². The van der Waals surface area contributed by atoms with Gasteiger partial charge in [-0.3, -0.25) is 0 Å². The van der Waals surface area contributed by atoms with Gasteiger partial charge < -0.3 is 20.1 Å². The first kappa shape index (κ1) is 10.6. The van der Waals surface area contributed by atoms with Gasteiger partial charge in [-0.25, -0.2) is 4.39 Å². The summed E-state index contributed by atoms with van der Waals surface area (Å²) in [5, 5.41) is 27.1. The Labute approximate surface area is 82.5 Å². The van der Waals surface area contributed by atoms with Crippen LogP contribution in [0.15, 0.2) is 0 Å². The number of halogens is 2. The molecule has 6 heteroatoms. The van der Waals surface area contributed by atoms with Crippen LogP contribution in [0.25, 0.3) is 0 Å². The molecule has 12 heavy (non-hydrogen) atoms. The first-order valence-corrected chi connectivity index (χ1v) is 4.73. The molecule has 0 radical (unpaired) electrons. The van der Waals surface area contributed by atoms with E-state index in [9.17, 15) is 14.6 Å². The number of rotatable bonds is 1. The molecule has 0 aromatic carbocycles. The molecule has 0 spiro atoms. The molecule has 0 aromatic rings. The predicted molar refractivity (Wildman–Crippen MR) is 46.7 cm³/mol. The summed E-state index contributed by atoms with van der Waals surface area (Å²) < 4.78 is 16.6. The summed E-state index contributed by atoms with van der Waals surface area (Å²) in [6, 6.07) is 0. The average molecular weight is 292 g/mol. The van der Waals surface area contributed by atoms with Gasteiger partial charge in [0.15, 0.2) is 0 Å². The van der Waals surface area contributed by atoms with Crippen LogP contribution in [0.1, 0.15) is 0 Å². The Hall–Kier alpha value is 0.500. The third kappa shape index (κ3) is 1.87. The molecule has 4 nitrogen and oxygen atoms in total. The van der Waals surface area contributed by atoms with E-state index < -0.39 is 35.2 Å². The van der Waals surface area contributed by atoms with Crippen LogP contribution in [0.2, 0.25) is 0 Å². The van der Waals surface area contributed by atoms with Gasteiger partial charge in [0.1, 0.15) is 12.2 Å². The summed E-state index contributed by atoms with van der Waals surface area (Å²) in [4.78, 5) is 0. The van der Waals surface area contributed by atoms with Gasteiger partial charge in [0, 0.05) is 0 Å². The predicted octanol–water partition coefficient (Wildman–Crippen LogP) is -0.802. The standard InChI is InChI=1S/C6H10FIO4/c7-6-3(8)5(11)4(10)2(1-9)12-6/h2-6,9-11H,1H2/t2-,3+,4-,5-,6?/m1/s1. The van der Waals surface area contributed by atoms with E-state index in [1.54, 1.807) is 22.6 Å². The molecule has 0 amide bonds. The molecule has 1 fully saturated rings. The Balaban J connectivity index is 2.63. The van der Waals surface area contributed by atoms with Gasteiger partial charge in [0.2, 0.25) is 6.36 Å². The lowest BCUT2D eigenvalue weighted by atomic mass is 10.0. The molecular weight excluding hydrogens is 282 g/mol. The summed E-state index contributed by atoms with van der Waals surface area (Å²) in [5.41, 5.74) is 0. The van der Waals surface area contributed by atoms with Crippen LogP contribution in [0.5, 0.6) is 0 Å². The Bertz CT molecular complexity index is 154. The Morgan fingerprint density at radius 2 is 1.92 bits per heavy atom. The maximum Gasteiger partial charge on any atom is 0.213 e. The number of hydrogen-bond acceptors (Lipinski definition) is 4. The van der Waals surface area contributed by atoms with Crippen LogP contribution in [-0.2, 0) is 4.74 Å². The van der Waals surface area contributed by atoms with Gasteiger partial charge in [0.25, 0.3) is 0 Å². The molecule has 0 aromatic heterocycles. The highest BCUT2D eigenvalue weighted by Gasteiger charge is 2.42. The Morgan fingerprint density at radius 1 is 1.33 bits per heavy atom. The smallest absolute Gasteiger partial charge is 0.213 e. The minimum Gasteiger partial charge on any atom is -0.394 e. The van der Waals surface area contributed by atoms with Crippen molar-refractivity contribution in [1.29, 1.82) is 0 Å². The lowest BCUT2D eigenvalue weighted by molar-refractivity contribution is -0.206. The first-order valence-electron chi connectivity index (χ1n) is 3.48. The normalized spacial score (nSPS) is 49.2. The number of ether oxygens (including phenoxy) is 1. The molecule has 1 unspecified atom stereocenters. The van der Waals surface area contributed by atoms with Crippen molar-refractivity contribution in [2.24, 2.45) is 0 Å². The van der Waals surface area contributed by atoms with E-state index in [0.717, 1.165) is 0 Å². The number of aliphatic hydroxyl groups is 3. The SMILES string of the molecule is OC[C@H]1OC(F)[C@@H](I)[C@@H](O)[C@@H]1O. The van der Waals surface area contributed by atoms with Crippen molar-refractivity contribution in [1.82, 2.24) is 0 Å². The quantitative estimate of drug-likeness (QED) is 0.437. The zero-order chi connectivity index (χ0) is 9.30. The van der Waals surface area contributed by atoms with Crippen LogP contribution < -0.4 is 0 Å². The molecule has 3 N–H and O–H groups in total. The van der Waals surface area contributed by atoms with Gasteiger partial charge >= 0.3 is 0 Å². The average Bonchev–Trinajstić information content (AvgIpc) is 2.08. The second kappa shape index (κ2) is 4.14. The lowest BCUT2D eigenvalue weighted by Crippen LogP contribution is -2.55. The molecule has 1 rings (SSSR count). The lowest BCUT2D eigenvalue weighted by Gasteiger charge is -2.36. The Kier molecular flexibility index (Phi) is 3.65. The Morgan fingerprint density at radius 3 is 2.42 bits per heavy atom. The molecule has 72 valence electrons. The molecule has 0 saturated carbocycles. The maximum absolute atomic E-state index is 12.8. The van der Waals surface area contributed by atoms with Crippen LogP contribution in [0.3, 0.4) is 0 Å². The van der Waals surface area contributed by atoms with E-state index in [4.69, 9.17) is 5.11 Å². The van der Waals surface area contributed by atoms with Crippen molar-refractivity contribution in [3.05, 3.63) is 0 Å². The molecule has 1 saturated heterocycles. The maximum atomic E-state index is 12.8. The fourth-order valence-corrected chi connectivity index (χ4v) is 1.63. The van der Waals surface area contributed by atoms with E-state index in [1.807, 2.05) is 0 Å². The van der Waals surface area contributed by atoms with Crippen LogP contribution >= 0.6 is 22.6 Å². The van der Waals surface area contributed by atoms with E-state index >= 15 is 0 Å². The minimum atomic E-state index is -1.64. The van der Waals surface area contributed by atoms with Gasteiger partial charge in [-0.15, -0.1) is 0 Å². The minimum absolute atomic E-state index is 0.498. The summed E-state index contributed by atoms with van der Waals surface area (Å²) in [6.45, 7) is -0.498. The molecule has 1 aliphatic rings. The zero-order valence-corrected chi connectivity index (χ0v) is 8.26. The van der Waals surface area contributed by atoms with Crippen molar-refractivity contribution < 1.29 is 24.4 Å². The van der Waals surface area contributed by atoms with Crippen molar-refractivity contribution >= 4 is 22.6 Å². The topological polar surface area (TPSA) is 69.9 Å². The number of alkyl halides is 2. The van der Waals surface area contributed by atoms with Gasteiger partial charge in [-0.1, -0.05) is 22.6 Å². The van der Waals surface area contributed by atoms with E-state index in [-0.39, 0.29) is 0 Å². The summed E-state index contributed by atoms with van der Waals surface area (Å²) in [7, 11) is 0. The molecule has 0 aliphatic carbocycles. The largest absolute Gasteiger partial charge is 0.394 e. The fraction of sp³-hybridized carbons (Fsp3) is 1.00. The van der Waals surface area contributed by atoms with Crippen molar-refractivity contribution in [2.75, 3.05) is 6.61 Å². The monoisotopic (exact) mass is 292 g/mol. The van der Waals surface area contributed by atoms with Crippen molar-refractivity contribution in [3.63, 3.8) is 0 Å². The second-order valence-electron chi connectivity index (χ2n) is 2.63. The second-order valence-corrected chi connectivity index (χ2v) is 4.07. The highest BCUT2D eigenvalue weighted by atomic mass is 127. The molecule has 5 atom stereocenters. The van der Waals surface area contributed by atoms with E-state index in [0.29, 0.717) is 0 Å². The van der Waals surface area contributed by atoms with Crippen LogP contribution in [0, 0.1) is 0 Å². The van der Waals surface area contributed by atoms with Crippen molar-refractivity contribution in [3.8, 4) is 0 Å². The number of hydrogen-bond donors (Lipinski definition) is 3. The van der Waals surface area contributed by atoms with Gasteiger partial charge in [-0.05, 0) is 0 Å². The zero-order valence-electron chi connectivity index (χ0n) is 6.10. The first-order chi connectivity index (χ1) is 5.57. The molecular formula is C6H10FIO4. The van der Waals surface area contributed by atoms with Crippen LogP contribution in [0.4, 0.5) is 4.39 Å². The van der Waals surface area contributed by atoms with Crippen molar-refractivity contribution in [2.45, 2.75) is 28.6 Å². The van der Waals surface area contributed by atoms with Gasteiger partial charge in [-0.2, -0.15) is 0 Å². The third-order valence-corrected chi connectivity index (χ3v) is 3.09. The molecule has 1 aliphatic heterocycles. The summed E-state index contributed by atoms with van der Waals surface area (Å²) >= 11 is 1.66.